The predicted molar refractivity (Wildman–Crippen MR) is 75.4 cm³/mol. The van der Waals surface area contributed by atoms with Gasteiger partial charge in [-0.15, -0.1) is 0 Å². The van der Waals surface area contributed by atoms with Gasteiger partial charge >= 0.3 is 12.1 Å². The summed E-state index contributed by atoms with van der Waals surface area (Å²) in [7, 11) is 0. The molecular formula is C13H7F3INO3. The number of ether oxygens (including phenoxy) is 1. The molecule has 1 heterocycles. The smallest absolute Gasteiger partial charge is 0.421 e. The molecule has 110 valence electrons. The van der Waals surface area contributed by atoms with E-state index in [2.05, 4.69) is 4.98 Å². The van der Waals surface area contributed by atoms with Crippen LogP contribution in [-0.2, 0) is 6.18 Å². The van der Waals surface area contributed by atoms with Crippen LogP contribution in [-0.4, -0.2) is 16.1 Å². The van der Waals surface area contributed by atoms with Gasteiger partial charge in [-0.05, 0) is 52.9 Å². The summed E-state index contributed by atoms with van der Waals surface area (Å²) < 4.78 is 44.2. The Balaban J connectivity index is 2.44. The lowest BCUT2D eigenvalue weighted by atomic mass is 10.2. The molecular weight excluding hydrogens is 402 g/mol. The molecule has 0 aliphatic carbocycles. The van der Waals surface area contributed by atoms with Gasteiger partial charge in [-0.1, -0.05) is 0 Å². The summed E-state index contributed by atoms with van der Waals surface area (Å²) in [4.78, 5) is 14.5. The van der Waals surface area contributed by atoms with E-state index in [1.807, 2.05) is 22.6 Å². The molecule has 8 heteroatoms. The average Bonchev–Trinajstić information content (AvgIpc) is 2.40. The Labute approximate surface area is 130 Å². The zero-order chi connectivity index (χ0) is 15.6. The maximum Gasteiger partial charge on any atom is 0.421 e. The summed E-state index contributed by atoms with van der Waals surface area (Å²) in [5.74, 6) is -1.82. The highest BCUT2D eigenvalue weighted by Gasteiger charge is 2.35. The van der Waals surface area contributed by atoms with E-state index >= 15 is 0 Å². The molecule has 1 aromatic heterocycles. The SMILES string of the molecule is O=C(O)c1ccc(I)c(Oc2ncccc2C(F)(F)F)c1. The predicted octanol–water partition coefficient (Wildman–Crippen LogP) is 4.20. The van der Waals surface area contributed by atoms with Crippen molar-refractivity contribution in [3.63, 3.8) is 0 Å². The summed E-state index contributed by atoms with van der Waals surface area (Å²) in [6.45, 7) is 0. The number of hydrogen-bond acceptors (Lipinski definition) is 3. The van der Waals surface area contributed by atoms with Gasteiger partial charge in [0.15, 0.2) is 0 Å². The highest BCUT2D eigenvalue weighted by atomic mass is 127. The fraction of sp³-hybridized carbons (Fsp3) is 0.0769. The first-order chi connectivity index (χ1) is 9.79. The van der Waals surface area contributed by atoms with Gasteiger partial charge in [0, 0.05) is 6.20 Å². The Morgan fingerprint density at radius 2 is 2.00 bits per heavy atom. The second kappa shape index (κ2) is 5.88. The largest absolute Gasteiger partial charge is 0.478 e. The maximum atomic E-state index is 12.8. The van der Waals surface area contributed by atoms with E-state index < -0.39 is 23.6 Å². The van der Waals surface area contributed by atoms with Crippen molar-refractivity contribution in [1.29, 1.82) is 0 Å². The number of nitrogens with zero attached hydrogens (tertiary/aromatic N) is 1. The van der Waals surface area contributed by atoms with Crippen molar-refractivity contribution in [3.8, 4) is 11.6 Å². The molecule has 0 saturated carbocycles. The Hall–Kier alpha value is -1.84. The number of carbonyl (C=O) groups is 1. The summed E-state index contributed by atoms with van der Waals surface area (Å²) in [5.41, 5.74) is -1.11. The lowest BCUT2D eigenvalue weighted by Gasteiger charge is -2.13. The second-order valence-corrected chi connectivity index (χ2v) is 5.07. The van der Waals surface area contributed by atoms with E-state index in [4.69, 9.17) is 9.84 Å². The monoisotopic (exact) mass is 409 g/mol. The van der Waals surface area contributed by atoms with Gasteiger partial charge in [-0.25, -0.2) is 9.78 Å². The van der Waals surface area contributed by atoms with Crippen LogP contribution in [0.5, 0.6) is 11.6 Å². The topological polar surface area (TPSA) is 59.4 Å². The number of benzene rings is 1. The van der Waals surface area contributed by atoms with Crippen molar-refractivity contribution in [2.75, 3.05) is 0 Å². The normalized spacial score (nSPS) is 11.2. The van der Waals surface area contributed by atoms with Gasteiger partial charge in [0.1, 0.15) is 11.3 Å². The van der Waals surface area contributed by atoms with E-state index in [-0.39, 0.29) is 11.3 Å². The van der Waals surface area contributed by atoms with Crippen LogP contribution >= 0.6 is 22.6 Å². The Kier molecular flexibility index (Phi) is 4.35. The minimum absolute atomic E-state index is 0.000278. The van der Waals surface area contributed by atoms with Gasteiger partial charge in [-0.2, -0.15) is 13.2 Å². The Morgan fingerprint density at radius 3 is 2.62 bits per heavy atom. The first-order valence-corrected chi connectivity index (χ1v) is 6.60. The fourth-order valence-corrected chi connectivity index (χ4v) is 1.95. The zero-order valence-corrected chi connectivity index (χ0v) is 12.3. The second-order valence-electron chi connectivity index (χ2n) is 3.91. The van der Waals surface area contributed by atoms with Gasteiger partial charge in [0.05, 0.1) is 9.13 Å². The maximum absolute atomic E-state index is 12.8. The number of rotatable bonds is 3. The molecule has 0 aliphatic rings. The van der Waals surface area contributed by atoms with Crippen LogP contribution < -0.4 is 4.74 Å². The van der Waals surface area contributed by atoms with Crippen LogP contribution in [0.4, 0.5) is 13.2 Å². The third-order valence-corrected chi connectivity index (χ3v) is 3.35. The fourth-order valence-electron chi connectivity index (χ4n) is 1.51. The Bertz CT molecular complexity index is 689. The van der Waals surface area contributed by atoms with Crippen molar-refractivity contribution in [2.45, 2.75) is 6.18 Å². The lowest BCUT2D eigenvalue weighted by Crippen LogP contribution is -2.08. The standard InChI is InChI=1S/C13H7F3INO3/c14-13(15,16)8-2-1-5-18-11(8)21-10-6-7(12(19)20)3-4-9(10)17/h1-6H,(H,19,20). The molecule has 0 fully saturated rings. The van der Waals surface area contributed by atoms with Crippen molar-refractivity contribution < 1.29 is 27.8 Å². The molecule has 0 atom stereocenters. The van der Waals surface area contributed by atoms with E-state index in [0.29, 0.717) is 3.57 Å². The molecule has 0 aliphatic heterocycles. The first kappa shape index (κ1) is 15.5. The van der Waals surface area contributed by atoms with E-state index in [0.717, 1.165) is 18.2 Å². The number of carboxylic acids is 1. The van der Waals surface area contributed by atoms with Gasteiger partial charge < -0.3 is 9.84 Å². The van der Waals surface area contributed by atoms with Crippen LogP contribution in [0, 0.1) is 3.57 Å². The number of pyridine rings is 1. The number of alkyl halides is 3. The third-order valence-electron chi connectivity index (χ3n) is 2.46. The van der Waals surface area contributed by atoms with Crippen LogP contribution in [0.25, 0.3) is 0 Å². The summed E-state index contributed by atoms with van der Waals surface area (Å²) in [6.07, 6.45) is -3.45. The minimum Gasteiger partial charge on any atom is -0.478 e. The molecule has 2 aromatic rings. The number of carboxylic acid groups (broad SMARTS) is 1. The van der Waals surface area contributed by atoms with Crippen LogP contribution in [0.3, 0.4) is 0 Å². The quantitative estimate of drug-likeness (QED) is 0.773. The molecule has 0 bridgehead atoms. The number of halogens is 4. The van der Waals surface area contributed by atoms with Crippen molar-refractivity contribution in [2.24, 2.45) is 0 Å². The third kappa shape index (κ3) is 3.63. The number of aromatic carboxylic acids is 1. The summed E-state index contributed by atoms with van der Waals surface area (Å²) >= 11 is 1.83. The average molecular weight is 409 g/mol. The van der Waals surface area contributed by atoms with Crippen LogP contribution in [0.15, 0.2) is 36.5 Å². The zero-order valence-electron chi connectivity index (χ0n) is 10.2. The van der Waals surface area contributed by atoms with E-state index in [1.54, 1.807) is 0 Å². The molecule has 1 aromatic carbocycles. The van der Waals surface area contributed by atoms with E-state index in [1.165, 1.54) is 18.3 Å². The molecule has 2 rings (SSSR count). The van der Waals surface area contributed by atoms with Gasteiger partial charge in [0.25, 0.3) is 0 Å². The summed E-state index contributed by atoms with van der Waals surface area (Å²) in [6, 6.07) is 5.92. The van der Waals surface area contributed by atoms with Gasteiger partial charge in [-0.3, -0.25) is 0 Å². The lowest BCUT2D eigenvalue weighted by molar-refractivity contribution is -0.138. The number of aromatic nitrogens is 1. The molecule has 21 heavy (non-hydrogen) atoms. The highest BCUT2D eigenvalue weighted by Crippen LogP contribution is 2.37. The molecule has 0 spiro atoms. The molecule has 0 amide bonds. The number of hydrogen-bond donors (Lipinski definition) is 1. The molecule has 0 saturated heterocycles. The first-order valence-electron chi connectivity index (χ1n) is 5.52. The van der Waals surface area contributed by atoms with Gasteiger partial charge in [0.2, 0.25) is 5.88 Å². The Morgan fingerprint density at radius 1 is 1.29 bits per heavy atom. The van der Waals surface area contributed by atoms with Crippen molar-refractivity contribution in [1.82, 2.24) is 4.98 Å². The van der Waals surface area contributed by atoms with Crippen molar-refractivity contribution in [3.05, 3.63) is 51.2 Å². The van der Waals surface area contributed by atoms with E-state index in [9.17, 15) is 18.0 Å². The highest BCUT2D eigenvalue weighted by molar-refractivity contribution is 14.1. The molecule has 4 nitrogen and oxygen atoms in total. The van der Waals surface area contributed by atoms with Crippen LogP contribution in [0.2, 0.25) is 0 Å². The summed E-state index contributed by atoms with van der Waals surface area (Å²) in [5, 5.41) is 8.90. The molecule has 0 unspecified atom stereocenters. The minimum atomic E-state index is -4.61. The molecule has 1 N–H and O–H groups in total. The van der Waals surface area contributed by atoms with Crippen molar-refractivity contribution >= 4 is 28.6 Å². The molecule has 0 radical (unpaired) electrons. The van der Waals surface area contributed by atoms with Crippen LogP contribution in [0.1, 0.15) is 15.9 Å².